The minimum Gasteiger partial charge on any atom is -0.384 e. The first-order valence-electron chi connectivity index (χ1n) is 8.63. The molecule has 0 unspecified atom stereocenters. The van der Waals surface area contributed by atoms with Crippen molar-refractivity contribution in [1.82, 2.24) is 40.4 Å². The van der Waals surface area contributed by atoms with Crippen LogP contribution in [0.4, 0.5) is 19.0 Å². The molecule has 3 aromatic rings. The van der Waals surface area contributed by atoms with E-state index in [1.165, 1.54) is 35.4 Å². The monoisotopic (exact) mass is 451 g/mol. The van der Waals surface area contributed by atoms with Gasteiger partial charge in [0.05, 0.1) is 47.6 Å². The van der Waals surface area contributed by atoms with E-state index >= 15 is 0 Å². The third kappa shape index (κ3) is 4.07. The Morgan fingerprint density at radius 3 is 2.55 bits per heavy atom. The van der Waals surface area contributed by atoms with E-state index in [2.05, 4.69) is 30.9 Å². The molecule has 0 saturated carbocycles. The lowest BCUT2D eigenvalue weighted by atomic mass is 10.2. The van der Waals surface area contributed by atoms with E-state index in [4.69, 9.17) is 17.3 Å². The van der Waals surface area contributed by atoms with Crippen LogP contribution in [0.2, 0.25) is 0 Å². The largest absolute Gasteiger partial charge is 0.434 e. The first kappa shape index (κ1) is 20.4. The number of nitrogens with two attached hydrogens (primary N) is 1. The summed E-state index contributed by atoms with van der Waals surface area (Å²) in [6.07, 6.45) is 1.40. The molecule has 0 fully saturated rings. The molecular formula is C17H13ClF3N9O. The summed E-state index contributed by atoms with van der Waals surface area (Å²) in [5, 5.41) is 17.1. The van der Waals surface area contributed by atoms with Crippen LogP contribution in [-0.2, 0) is 6.18 Å². The second kappa shape index (κ2) is 7.75. The standard InChI is InChI=1S/C17H13ClF3N9O/c18-12-5-9(6-24-15(12)30-25-3-4-26-30)28-16(31)11-8-27-29(14(11)17(19,20)21)10-1-2-13(22)23-7-10/h1-5,7-8,24H,6H2,(H2,22,23)(H,28,31). The van der Waals surface area contributed by atoms with Crippen LogP contribution in [0.5, 0.6) is 0 Å². The molecule has 0 bridgehead atoms. The van der Waals surface area contributed by atoms with E-state index in [0.717, 1.165) is 12.4 Å². The third-order valence-corrected chi connectivity index (χ3v) is 4.45. The van der Waals surface area contributed by atoms with Gasteiger partial charge >= 0.3 is 6.18 Å². The number of halogens is 4. The fraction of sp³-hybridized carbons (Fsp3) is 0.118. The minimum atomic E-state index is -4.86. The molecule has 4 heterocycles. The molecule has 1 amide bonds. The summed E-state index contributed by atoms with van der Waals surface area (Å²) in [5.41, 5.74) is 3.82. The maximum atomic E-state index is 13.8. The van der Waals surface area contributed by atoms with Crippen molar-refractivity contribution in [2.24, 2.45) is 0 Å². The molecule has 0 aromatic carbocycles. The molecule has 0 spiro atoms. The number of allylic oxidation sites excluding steroid dienone is 2. The predicted molar refractivity (Wildman–Crippen MR) is 103 cm³/mol. The van der Waals surface area contributed by atoms with Crippen LogP contribution < -0.4 is 16.4 Å². The van der Waals surface area contributed by atoms with Crippen LogP contribution in [0.1, 0.15) is 16.1 Å². The molecule has 10 nitrogen and oxygen atoms in total. The smallest absolute Gasteiger partial charge is 0.384 e. The molecule has 4 rings (SSSR count). The van der Waals surface area contributed by atoms with Gasteiger partial charge in [0, 0.05) is 5.70 Å². The number of rotatable bonds is 4. The molecule has 14 heteroatoms. The average molecular weight is 452 g/mol. The number of nitrogen functional groups attached to an aromatic ring is 1. The van der Waals surface area contributed by atoms with Crippen molar-refractivity contribution < 1.29 is 18.0 Å². The Hall–Kier alpha value is -3.87. The average Bonchev–Trinajstić information content (AvgIpc) is 3.38. The molecule has 1 aliphatic heterocycles. The number of carbonyl (C=O) groups excluding carboxylic acids is 1. The summed E-state index contributed by atoms with van der Waals surface area (Å²) in [6, 6.07) is 2.64. The zero-order chi connectivity index (χ0) is 22.2. The Balaban J connectivity index is 1.64. The zero-order valence-electron chi connectivity index (χ0n) is 15.4. The molecule has 160 valence electrons. The topological polar surface area (TPSA) is 129 Å². The van der Waals surface area contributed by atoms with E-state index in [0.29, 0.717) is 10.5 Å². The number of nitrogens with one attached hydrogen (secondary N) is 2. The number of amides is 1. The van der Waals surface area contributed by atoms with Crippen molar-refractivity contribution in [3.05, 3.63) is 65.0 Å². The quantitative estimate of drug-likeness (QED) is 0.551. The zero-order valence-corrected chi connectivity index (χ0v) is 16.2. The summed E-state index contributed by atoms with van der Waals surface area (Å²) in [7, 11) is 0. The Morgan fingerprint density at radius 1 is 1.19 bits per heavy atom. The van der Waals surface area contributed by atoms with Crippen LogP contribution in [-0.4, -0.2) is 42.2 Å². The highest BCUT2D eigenvalue weighted by Gasteiger charge is 2.40. The van der Waals surface area contributed by atoms with Crippen LogP contribution in [0.3, 0.4) is 0 Å². The summed E-state index contributed by atoms with van der Waals surface area (Å²) in [4.78, 5) is 17.6. The molecule has 0 aliphatic carbocycles. The van der Waals surface area contributed by atoms with Gasteiger partial charge in [-0.2, -0.15) is 28.5 Å². The molecule has 4 N–H and O–H groups in total. The second-order valence-corrected chi connectivity index (χ2v) is 6.66. The minimum absolute atomic E-state index is 0.00136. The maximum Gasteiger partial charge on any atom is 0.434 e. The SMILES string of the molecule is Nc1ccc(-n2ncc(C(=O)NC3=CC(Cl)=C(n4nccn4)NC3)c2C(F)(F)F)cn1. The van der Waals surface area contributed by atoms with Crippen LogP contribution in [0.25, 0.3) is 11.5 Å². The first-order valence-corrected chi connectivity index (χ1v) is 9.01. The van der Waals surface area contributed by atoms with Gasteiger partial charge in [0.15, 0.2) is 11.5 Å². The maximum absolute atomic E-state index is 13.8. The normalized spacial score (nSPS) is 14.3. The number of hydrogen-bond donors (Lipinski definition) is 3. The van der Waals surface area contributed by atoms with Crippen molar-refractivity contribution in [2.45, 2.75) is 6.18 Å². The van der Waals surface area contributed by atoms with Crippen LogP contribution >= 0.6 is 11.6 Å². The molecular weight excluding hydrogens is 439 g/mol. The van der Waals surface area contributed by atoms with Crippen molar-refractivity contribution in [2.75, 3.05) is 12.3 Å². The molecule has 0 radical (unpaired) electrons. The van der Waals surface area contributed by atoms with Gasteiger partial charge in [-0.1, -0.05) is 11.6 Å². The summed E-state index contributed by atoms with van der Waals surface area (Å²) in [5.74, 6) is -0.502. The van der Waals surface area contributed by atoms with E-state index in [-0.39, 0.29) is 28.8 Å². The fourth-order valence-corrected chi connectivity index (χ4v) is 3.11. The summed E-state index contributed by atoms with van der Waals surface area (Å²) < 4.78 is 41.9. The van der Waals surface area contributed by atoms with Crippen LogP contribution in [0, 0.1) is 0 Å². The fourth-order valence-electron chi connectivity index (χ4n) is 2.83. The van der Waals surface area contributed by atoms with Gasteiger partial charge in [0.2, 0.25) is 0 Å². The lowest BCUT2D eigenvalue weighted by Gasteiger charge is -2.19. The Morgan fingerprint density at radius 2 is 1.94 bits per heavy atom. The molecule has 0 atom stereocenters. The van der Waals surface area contributed by atoms with E-state index in [9.17, 15) is 18.0 Å². The van der Waals surface area contributed by atoms with E-state index < -0.39 is 23.3 Å². The Labute approximate surface area is 177 Å². The molecule has 3 aromatic heterocycles. The highest BCUT2D eigenvalue weighted by Crippen LogP contribution is 2.33. The van der Waals surface area contributed by atoms with E-state index in [1.54, 1.807) is 0 Å². The third-order valence-electron chi connectivity index (χ3n) is 4.16. The Kier molecular flexibility index (Phi) is 5.10. The van der Waals surface area contributed by atoms with Gasteiger partial charge < -0.3 is 16.4 Å². The highest BCUT2D eigenvalue weighted by molar-refractivity contribution is 6.33. The van der Waals surface area contributed by atoms with Crippen molar-refractivity contribution in [3.8, 4) is 5.69 Å². The summed E-state index contributed by atoms with van der Waals surface area (Å²) >= 11 is 6.17. The number of anilines is 1. The predicted octanol–water partition coefficient (Wildman–Crippen LogP) is 1.74. The van der Waals surface area contributed by atoms with Gasteiger partial charge in [0.1, 0.15) is 5.82 Å². The van der Waals surface area contributed by atoms with Crippen LogP contribution in [0.15, 0.2) is 53.7 Å². The number of nitrogens with zero attached hydrogens (tertiary/aromatic N) is 6. The van der Waals surface area contributed by atoms with Crippen molar-refractivity contribution >= 4 is 29.1 Å². The van der Waals surface area contributed by atoms with E-state index in [1.807, 2.05) is 0 Å². The van der Waals surface area contributed by atoms with Gasteiger partial charge in [-0.15, -0.1) is 4.80 Å². The lowest BCUT2D eigenvalue weighted by Crippen LogP contribution is -2.34. The number of dihydropyridines is 1. The number of hydrogen-bond acceptors (Lipinski definition) is 7. The van der Waals surface area contributed by atoms with Gasteiger partial charge in [-0.05, 0) is 18.2 Å². The first-order chi connectivity index (χ1) is 14.7. The summed E-state index contributed by atoms with van der Waals surface area (Å²) in [6.45, 7) is 0.0796. The number of aromatic nitrogens is 6. The van der Waals surface area contributed by atoms with Crippen molar-refractivity contribution in [1.29, 1.82) is 0 Å². The molecule has 1 aliphatic rings. The van der Waals surface area contributed by atoms with Gasteiger partial charge in [-0.3, -0.25) is 4.79 Å². The molecule has 31 heavy (non-hydrogen) atoms. The lowest BCUT2D eigenvalue weighted by molar-refractivity contribution is -0.143. The number of carbonyl (C=O) groups is 1. The van der Waals surface area contributed by atoms with Crippen molar-refractivity contribution in [3.63, 3.8) is 0 Å². The van der Waals surface area contributed by atoms with Gasteiger partial charge in [-0.25, -0.2) is 9.67 Å². The Bertz CT molecular complexity index is 1180. The second-order valence-electron chi connectivity index (χ2n) is 6.25. The molecule has 0 saturated heterocycles. The van der Waals surface area contributed by atoms with Gasteiger partial charge in [0.25, 0.3) is 5.91 Å². The number of alkyl halides is 3. The highest BCUT2D eigenvalue weighted by atomic mass is 35.5. The number of pyridine rings is 1.